The normalized spacial score (nSPS) is 11.6. The molecule has 0 N–H and O–H groups in total. The van der Waals surface area contributed by atoms with Gasteiger partial charge in [-0.1, -0.05) is 54.6 Å². The molecule has 6 aromatic carbocycles. The van der Waals surface area contributed by atoms with Crippen LogP contribution >= 0.6 is 11.3 Å². The number of pyridine rings is 1. The van der Waals surface area contributed by atoms with Gasteiger partial charge >= 0.3 is 0 Å². The van der Waals surface area contributed by atoms with E-state index in [1.165, 1.54) is 20.2 Å². The van der Waals surface area contributed by atoms with E-state index in [-0.39, 0.29) is 0 Å². The number of hydrogen-bond acceptors (Lipinski definition) is 3. The molecule has 0 atom stereocenters. The van der Waals surface area contributed by atoms with E-state index < -0.39 is 0 Å². The largest absolute Gasteiger partial charge is 0.309 e. The number of thiophene rings is 1. The highest BCUT2D eigenvalue weighted by Crippen LogP contribution is 2.43. The zero-order valence-electron chi connectivity index (χ0n) is 25.9. The summed E-state index contributed by atoms with van der Waals surface area (Å²) in [6.07, 6.45) is 1.87. The molecule has 0 radical (unpaired) electrons. The number of nitriles is 1. The smallest absolute Gasteiger partial charge is 0.188 e. The second kappa shape index (κ2) is 10.4. The molecule has 6 heteroatoms. The molecule has 0 aliphatic rings. The van der Waals surface area contributed by atoms with Gasteiger partial charge in [-0.3, -0.25) is 4.98 Å². The Morgan fingerprint density at radius 2 is 1.43 bits per heavy atom. The molecule has 0 amide bonds. The predicted octanol–water partition coefficient (Wildman–Crippen LogP) is 11.7. The van der Waals surface area contributed by atoms with E-state index in [9.17, 15) is 5.26 Å². The van der Waals surface area contributed by atoms with Crippen molar-refractivity contribution in [3.05, 3.63) is 157 Å². The molecule has 0 spiro atoms. The van der Waals surface area contributed by atoms with Crippen LogP contribution in [-0.2, 0) is 0 Å². The lowest BCUT2D eigenvalue weighted by atomic mass is 10.0. The first-order chi connectivity index (χ1) is 24.2. The first-order valence-corrected chi connectivity index (χ1v) is 16.8. The van der Waals surface area contributed by atoms with Crippen molar-refractivity contribution in [1.29, 1.82) is 5.26 Å². The van der Waals surface area contributed by atoms with Gasteiger partial charge in [-0.05, 0) is 95.4 Å². The van der Waals surface area contributed by atoms with Crippen LogP contribution in [0.4, 0.5) is 5.69 Å². The molecule has 4 heterocycles. The standard InChI is InChI=1S/C43H23N5S/c1-45-29-15-17-37-35(24-29)32-10-2-4-12-36(32)47(37)31-21-26(25-44)20-28(23-31)27-8-6-9-30(22-27)48-38-13-7-19-46-42(38)34-16-18-40-41(43(34)48)33-11-3-5-14-39(33)49-40/h2-24H. The van der Waals surface area contributed by atoms with Gasteiger partial charge < -0.3 is 9.13 Å². The predicted molar refractivity (Wildman–Crippen MR) is 202 cm³/mol. The van der Waals surface area contributed by atoms with Gasteiger partial charge in [-0.2, -0.15) is 5.26 Å². The highest BCUT2D eigenvalue weighted by molar-refractivity contribution is 7.26. The minimum Gasteiger partial charge on any atom is -0.309 e. The molecule has 5 nitrogen and oxygen atoms in total. The minimum atomic E-state index is 0.578. The molecular formula is C43H23N5S. The SMILES string of the molecule is [C-]#[N+]c1ccc2c(c1)c1ccccc1n2-c1cc(C#N)cc(-c2cccc(-n3c4cccnc4c4ccc5sc6ccccc6c5c43)c2)c1. The van der Waals surface area contributed by atoms with Gasteiger partial charge in [-0.25, -0.2) is 4.85 Å². The molecule has 0 aliphatic carbocycles. The molecule has 49 heavy (non-hydrogen) atoms. The average molecular weight is 642 g/mol. The highest BCUT2D eigenvalue weighted by Gasteiger charge is 2.20. The van der Waals surface area contributed by atoms with Crippen molar-refractivity contribution in [2.24, 2.45) is 0 Å². The van der Waals surface area contributed by atoms with Gasteiger partial charge in [0.25, 0.3) is 0 Å². The minimum absolute atomic E-state index is 0.578. The zero-order chi connectivity index (χ0) is 32.6. The lowest BCUT2D eigenvalue weighted by Crippen LogP contribution is -1.97. The lowest BCUT2D eigenvalue weighted by molar-refractivity contribution is 1.17. The third-order valence-corrected chi connectivity index (χ3v) is 10.7. The van der Waals surface area contributed by atoms with Crippen molar-refractivity contribution >= 4 is 80.9 Å². The summed E-state index contributed by atoms with van der Waals surface area (Å²) < 4.78 is 7.05. The van der Waals surface area contributed by atoms with Crippen LogP contribution in [0.3, 0.4) is 0 Å². The lowest BCUT2D eigenvalue weighted by Gasteiger charge is -2.14. The summed E-state index contributed by atoms with van der Waals surface area (Å²) in [5.41, 5.74) is 10.3. The van der Waals surface area contributed by atoms with Crippen molar-refractivity contribution in [2.75, 3.05) is 0 Å². The van der Waals surface area contributed by atoms with Crippen LogP contribution in [0.1, 0.15) is 5.56 Å². The Morgan fingerprint density at radius 3 is 2.33 bits per heavy atom. The monoisotopic (exact) mass is 641 g/mol. The Morgan fingerprint density at radius 1 is 0.612 bits per heavy atom. The molecule has 0 unspecified atom stereocenters. The summed E-state index contributed by atoms with van der Waals surface area (Å²) in [5, 5.41) is 15.9. The molecular weight excluding hydrogens is 619 g/mol. The average Bonchev–Trinajstić information content (AvgIpc) is 3.82. The van der Waals surface area contributed by atoms with E-state index >= 15 is 0 Å². The van der Waals surface area contributed by atoms with Crippen molar-refractivity contribution < 1.29 is 0 Å². The third-order valence-electron chi connectivity index (χ3n) is 9.55. The topological polar surface area (TPSA) is 50.9 Å². The van der Waals surface area contributed by atoms with Crippen molar-refractivity contribution in [3.63, 3.8) is 0 Å². The van der Waals surface area contributed by atoms with Crippen molar-refractivity contribution in [1.82, 2.24) is 14.1 Å². The second-order valence-corrected chi connectivity index (χ2v) is 13.3. The second-order valence-electron chi connectivity index (χ2n) is 12.2. The van der Waals surface area contributed by atoms with Crippen LogP contribution < -0.4 is 0 Å². The Labute approximate surface area is 284 Å². The number of aromatic nitrogens is 3. The Hall–Kier alpha value is -6.73. The maximum absolute atomic E-state index is 10.2. The number of hydrogen-bond donors (Lipinski definition) is 0. The first-order valence-electron chi connectivity index (χ1n) is 16.0. The van der Waals surface area contributed by atoms with Gasteiger partial charge in [0, 0.05) is 48.5 Å². The molecule has 0 fully saturated rings. The Balaban J connectivity index is 1.22. The molecule has 0 saturated heterocycles. The van der Waals surface area contributed by atoms with Gasteiger partial charge in [0.15, 0.2) is 5.69 Å². The Kier molecular flexibility index (Phi) is 5.81. The molecule has 10 aromatic rings. The van der Waals surface area contributed by atoms with Crippen LogP contribution in [0.2, 0.25) is 0 Å². The summed E-state index contributed by atoms with van der Waals surface area (Å²) in [5.74, 6) is 0. The van der Waals surface area contributed by atoms with E-state index in [0.717, 1.165) is 66.2 Å². The summed E-state index contributed by atoms with van der Waals surface area (Å²) in [4.78, 5) is 8.54. The van der Waals surface area contributed by atoms with E-state index in [1.807, 2.05) is 66.1 Å². The number of benzene rings is 6. The van der Waals surface area contributed by atoms with Crippen molar-refractivity contribution in [3.8, 4) is 28.6 Å². The van der Waals surface area contributed by atoms with Crippen LogP contribution in [-0.4, -0.2) is 14.1 Å². The molecule has 226 valence electrons. The zero-order valence-corrected chi connectivity index (χ0v) is 26.7. The van der Waals surface area contributed by atoms with Gasteiger partial charge in [-0.15, -0.1) is 11.3 Å². The molecule has 0 bridgehead atoms. The van der Waals surface area contributed by atoms with Gasteiger partial charge in [0.2, 0.25) is 0 Å². The van der Waals surface area contributed by atoms with Crippen LogP contribution in [0, 0.1) is 17.9 Å². The summed E-state index contributed by atoms with van der Waals surface area (Å²) in [6, 6.07) is 48.3. The molecule has 0 saturated carbocycles. The molecule has 4 aromatic heterocycles. The maximum Gasteiger partial charge on any atom is 0.188 e. The third kappa shape index (κ3) is 3.99. The summed E-state index contributed by atoms with van der Waals surface area (Å²) >= 11 is 1.82. The van der Waals surface area contributed by atoms with E-state index in [4.69, 9.17) is 11.6 Å². The highest BCUT2D eigenvalue weighted by atomic mass is 32.1. The number of fused-ring (bicyclic) bond motifs is 10. The number of para-hydroxylation sites is 1. The fourth-order valence-electron chi connectivity index (χ4n) is 7.50. The quantitative estimate of drug-likeness (QED) is 0.180. The molecule has 0 aliphatic heterocycles. The van der Waals surface area contributed by atoms with Crippen LogP contribution in [0.25, 0.3) is 91.3 Å². The van der Waals surface area contributed by atoms with E-state index in [0.29, 0.717) is 11.3 Å². The summed E-state index contributed by atoms with van der Waals surface area (Å²) in [6.45, 7) is 7.58. The van der Waals surface area contributed by atoms with Crippen LogP contribution in [0.15, 0.2) is 140 Å². The fraction of sp³-hybridized carbons (Fsp3) is 0. The maximum atomic E-state index is 10.2. The Bertz CT molecular complexity index is 3090. The van der Waals surface area contributed by atoms with Gasteiger partial charge in [0.1, 0.15) is 0 Å². The molecule has 10 rings (SSSR count). The number of rotatable bonds is 3. The fourth-order valence-corrected chi connectivity index (χ4v) is 8.61. The number of nitrogens with zero attached hydrogens (tertiary/aromatic N) is 5. The van der Waals surface area contributed by atoms with E-state index in [1.54, 1.807) is 0 Å². The van der Waals surface area contributed by atoms with Crippen molar-refractivity contribution in [2.45, 2.75) is 0 Å². The summed E-state index contributed by atoms with van der Waals surface area (Å²) in [7, 11) is 0. The van der Waals surface area contributed by atoms with E-state index in [2.05, 4.69) is 105 Å². The van der Waals surface area contributed by atoms with Gasteiger partial charge in [0.05, 0.1) is 45.8 Å². The first kappa shape index (κ1) is 27.4. The van der Waals surface area contributed by atoms with Crippen LogP contribution in [0.5, 0.6) is 0 Å².